The maximum absolute atomic E-state index is 4.95. The van der Waals surface area contributed by atoms with Crippen molar-refractivity contribution in [3.8, 4) is 11.3 Å². The van der Waals surface area contributed by atoms with Gasteiger partial charge >= 0.3 is 0 Å². The Bertz CT molecular complexity index is 1050. The van der Waals surface area contributed by atoms with Crippen molar-refractivity contribution >= 4 is 17.0 Å². The monoisotopic (exact) mass is 359 g/mol. The number of benzene rings is 1. The van der Waals surface area contributed by atoms with E-state index in [-0.39, 0.29) is 0 Å². The zero-order chi connectivity index (χ0) is 17.5. The van der Waals surface area contributed by atoms with Gasteiger partial charge in [-0.3, -0.25) is 4.90 Å². The topological polar surface area (TPSA) is 20.5 Å². The van der Waals surface area contributed by atoms with Crippen LogP contribution in [0.4, 0.5) is 0 Å². The summed E-state index contributed by atoms with van der Waals surface area (Å²) in [5.41, 5.74) is 6.07. The first-order chi connectivity index (χ1) is 12.8. The van der Waals surface area contributed by atoms with Crippen molar-refractivity contribution in [2.45, 2.75) is 25.9 Å². The SMILES string of the molecule is CC1c2ccsc2CCN1Cc1c(-c2ccccc2)nc2ccccn12. The molecule has 26 heavy (non-hydrogen) atoms. The lowest BCUT2D eigenvalue weighted by Gasteiger charge is -2.33. The van der Waals surface area contributed by atoms with Gasteiger partial charge in [-0.2, -0.15) is 0 Å². The summed E-state index contributed by atoms with van der Waals surface area (Å²) in [6, 6.07) is 19.5. The molecular weight excluding hydrogens is 338 g/mol. The Labute approximate surface area is 157 Å². The summed E-state index contributed by atoms with van der Waals surface area (Å²) in [5, 5.41) is 2.23. The zero-order valence-corrected chi connectivity index (χ0v) is 15.6. The number of fused-ring (bicyclic) bond motifs is 2. The lowest BCUT2D eigenvalue weighted by Crippen LogP contribution is -2.33. The third kappa shape index (κ3) is 2.57. The molecule has 1 unspecified atom stereocenters. The first-order valence-electron chi connectivity index (χ1n) is 9.13. The van der Waals surface area contributed by atoms with Gasteiger partial charge in [0.2, 0.25) is 0 Å². The van der Waals surface area contributed by atoms with Gasteiger partial charge in [0, 0.05) is 35.8 Å². The lowest BCUT2D eigenvalue weighted by molar-refractivity contribution is 0.189. The standard InChI is InChI=1S/C22H21N3S/c1-16-18-11-14-26-20(18)10-13-24(16)15-19-22(17-7-3-2-4-8-17)23-21-9-5-6-12-25(19)21/h2-9,11-12,14,16H,10,13,15H2,1H3. The van der Waals surface area contributed by atoms with Crippen LogP contribution >= 0.6 is 11.3 Å². The Kier molecular flexibility index (Phi) is 3.88. The van der Waals surface area contributed by atoms with E-state index in [2.05, 4.69) is 82.4 Å². The van der Waals surface area contributed by atoms with E-state index in [0.29, 0.717) is 6.04 Å². The molecule has 130 valence electrons. The van der Waals surface area contributed by atoms with Crippen LogP contribution in [-0.4, -0.2) is 20.8 Å². The van der Waals surface area contributed by atoms with Gasteiger partial charge in [-0.1, -0.05) is 36.4 Å². The molecule has 5 rings (SSSR count). The maximum atomic E-state index is 4.95. The molecule has 0 N–H and O–H groups in total. The average molecular weight is 359 g/mol. The largest absolute Gasteiger partial charge is 0.302 e. The van der Waals surface area contributed by atoms with Crippen LogP contribution in [0.2, 0.25) is 0 Å². The predicted octanol–water partition coefficient (Wildman–Crippen LogP) is 5.18. The predicted molar refractivity (Wildman–Crippen MR) is 107 cm³/mol. The maximum Gasteiger partial charge on any atom is 0.137 e. The number of hydrogen-bond donors (Lipinski definition) is 0. The van der Waals surface area contributed by atoms with Crippen molar-refractivity contribution in [1.29, 1.82) is 0 Å². The summed E-state index contributed by atoms with van der Waals surface area (Å²) in [4.78, 5) is 9.08. The van der Waals surface area contributed by atoms with Crippen LogP contribution in [-0.2, 0) is 13.0 Å². The van der Waals surface area contributed by atoms with E-state index >= 15 is 0 Å². The number of nitrogens with zero attached hydrogens (tertiary/aromatic N) is 3. The molecule has 0 saturated carbocycles. The Balaban J connectivity index is 1.58. The van der Waals surface area contributed by atoms with Crippen LogP contribution in [0.25, 0.3) is 16.9 Å². The molecule has 4 aromatic rings. The fourth-order valence-corrected chi connectivity index (χ4v) is 4.96. The molecule has 1 aromatic carbocycles. The van der Waals surface area contributed by atoms with E-state index in [0.717, 1.165) is 30.9 Å². The second kappa shape index (κ2) is 6.38. The summed E-state index contributed by atoms with van der Waals surface area (Å²) in [5.74, 6) is 0. The molecule has 3 nitrogen and oxygen atoms in total. The van der Waals surface area contributed by atoms with Gasteiger partial charge in [-0.05, 0) is 42.5 Å². The van der Waals surface area contributed by atoms with E-state index in [4.69, 9.17) is 4.98 Å². The molecule has 0 bridgehead atoms. The van der Waals surface area contributed by atoms with E-state index in [1.807, 2.05) is 11.3 Å². The second-order valence-corrected chi connectivity index (χ2v) is 7.90. The molecule has 0 radical (unpaired) electrons. The number of imidazole rings is 1. The highest BCUT2D eigenvalue weighted by Gasteiger charge is 2.26. The molecule has 0 fully saturated rings. The van der Waals surface area contributed by atoms with Crippen molar-refractivity contribution in [3.05, 3.63) is 82.3 Å². The van der Waals surface area contributed by atoms with Gasteiger partial charge in [0.25, 0.3) is 0 Å². The van der Waals surface area contributed by atoms with E-state index in [9.17, 15) is 0 Å². The molecule has 4 heteroatoms. The normalized spacial score (nSPS) is 17.5. The second-order valence-electron chi connectivity index (χ2n) is 6.90. The summed E-state index contributed by atoms with van der Waals surface area (Å²) >= 11 is 1.90. The summed E-state index contributed by atoms with van der Waals surface area (Å²) in [6.07, 6.45) is 3.28. The van der Waals surface area contributed by atoms with Gasteiger partial charge in [-0.25, -0.2) is 4.98 Å². The summed E-state index contributed by atoms with van der Waals surface area (Å²) in [7, 11) is 0. The van der Waals surface area contributed by atoms with Crippen LogP contribution in [0.5, 0.6) is 0 Å². The van der Waals surface area contributed by atoms with Crippen molar-refractivity contribution in [2.24, 2.45) is 0 Å². The number of thiophene rings is 1. The fourth-order valence-electron chi connectivity index (χ4n) is 3.99. The van der Waals surface area contributed by atoms with Gasteiger partial charge in [0.05, 0.1) is 11.4 Å². The Morgan fingerprint density at radius 3 is 2.81 bits per heavy atom. The number of pyridine rings is 1. The number of rotatable bonds is 3. The molecule has 1 aliphatic heterocycles. The molecule has 4 heterocycles. The van der Waals surface area contributed by atoms with Crippen LogP contribution in [0.1, 0.15) is 29.1 Å². The van der Waals surface area contributed by atoms with Gasteiger partial charge in [0.1, 0.15) is 5.65 Å². The zero-order valence-electron chi connectivity index (χ0n) is 14.8. The third-order valence-corrected chi connectivity index (χ3v) is 6.43. The number of aromatic nitrogens is 2. The molecule has 1 aliphatic rings. The molecule has 0 saturated heterocycles. The van der Waals surface area contributed by atoms with E-state index < -0.39 is 0 Å². The highest BCUT2D eigenvalue weighted by Crippen LogP contribution is 2.35. The Hall–Kier alpha value is -2.43. The summed E-state index contributed by atoms with van der Waals surface area (Å²) < 4.78 is 2.25. The average Bonchev–Trinajstić information content (AvgIpc) is 3.30. The Morgan fingerprint density at radius 2 is 1.92 bits per heavy atom. The van der Waals surface area contributed by atoms with Crippen molar-refractivity contribution in [3.63, 3.8) is 0 Å². The molecule has 1 atom stereocenters. The smallest absolute Gasteiger partial charge is 0.137 e. The van der Waals surface area contributed by atoms with Gasteiger partial charge in [0.15, 0.2) is 0 Å². The van der Waals surface area contributed by atoms with Gasteiger partial charge in [-0.15, -0.1) is 11.3 Å². The number of hydrogen-bond acceptors (Lipinski definition) is 3. The minimum absolute atomic E-state index is 0.447. The molecular formula is C22H21N3S. The fraction of sp³-hybridized carbons (Fsp3) is 0.227. The van der Waals surface area contributed by atoms with Crippen LogP contribution in [0.3, 0.4) is 0 Å². The highest BCUT2D eigenvalue weighted by molar-refractivity contribution is 7.10. The van der Waals surface area contributed by atoms with Crippen LogP contribution in [0, 0.1) is 0 Å². The highest BCUT2D eigenvalue weighted by atomic mass is 32.1. The third-order valence-electron chi connectivity index (χ3n) is 5.43. The van der Waals surface area contributed by atoms with E-state index in [1.165, 1.54) is 16.8 Å². The van der Waals surface area contributed by atoms with Crippen molar-refractivity contribution in [1.82, 2.24) is 14.3 Å². The molecule has 0 aliphatic carbocycles. The Morgan fingerprint density at radius 1 is 1.08 bits per heavy atom. The van der Waals surface area contributed by atoms with Crippen molar-refractivity contribution in [2.75, 3.05) is 6.54 Å². The minimum atomic E-state index is 0.447. The molecule has 3 aromatic heterocycles. The first-order valence-corrected chi connectivity index (χ1v) is 10.0. The van der Waals surface area contributed by atoms with Crippen molar-refractivity contribution < 1.29 is 0 Å². The van der Waals surface area contributed by atoms with Gasteiger partial charge < -0.3 is 4.40 Å². The summed E-state index contributed by atoms with van der Waals surface area (Å²) in [6.45, 7) is 4.34. The van der Waals surface area contributed by atoms with Crippen LogP contribution in [0.15, 0.2) is 66.2 Å². The van der Waals surface area contributed by atoms with E-state index in [1.54, 1.807) is 4.88 Å². The van der Waals surface area contributed by atoms with Crippen LogP contribution < -0.4 is 0 Å². The minimum Gasteiger partial charge on any atom is -0.302 e. The first kappa shape index (κ1) is 15.8. The molecule has 0 spiro atoms. The molecule has 0 amide bonds. The lowest BCUT2D eigenvalue weighted by atomic mass is 10.0. The quantitative estimate of drug-likeness (QED) is 0.502.